The predicted molar refractivity (Wildman–Crippen MR) is 228 cm³/mol. The number of allylic oxidation sites excluding steroid dienone is 8. The average molecular weight is 994 g/mol. The number of phosphoric ester groups is 3. The van der Waals surface area contributed by atoms with Crippen molar-refractivity contribution in [2.45, 2.75) is 96.4 Å². The summed E-state index contributed by atoms with van der Waals surface area (Å²) in [6.45, 7) is 2.19. The highest BCUT2D eigenvalue weighted by molar-refractivity contribution is 8.13. The van der Waals surface area contributed by atoms with Crippen LogP contribution >= 0.6 is 35.2 Å². The Morgan fingerprint density at radius 2 is 1.57 bits per heavy atom. The molecule has 0 saturated carbocycles. The molecule has 2 amide bonds. The molecule has 0 bridgehead atoms. The summed E-state index contributed by atoms with van der Waals surface area (Å²) in [4.78, 5) is 96.6. The van der Waals surface area contributed by atoms with E-state index in [-0.39, 0.29) is 41.6 Å². The van der Waals surface area contributed by atoms with Gasteiger partial charge in [-0.1, -0.05) is 81.1 Å². The van der Waals surface area contributed by atoms with Gasteiger partial charge in [0.05, 0.1) is 27.4 Å². The second-order valence-electron chi connectivity index (χ2n) is 14.7. The van der Waals surface area contributed by atoms with Crippen molar-refractivity contribution in [1.82, 2.24) is 30.2 Å². The molecule has 7 atom stereocenters. The van der Waals surface area contributed by atoms with Crippen LogP contribution in [0.25, 0.3) is 11.2 Å². The number of aliphatic hydroxyl groups is 2. The fraction of sp³-hybridized carbons (Fsp3) is 0.568. The van der Waals surface area contributed by atoms with Crippen LogP contribution in [0.1, 0.15) is 71.9 Å². The standard InChI is InChI=1S/C37H58N7O17P3S/c1-4-5-6-7-8-9-10-11-12-13-14-15-16-17-28(46)65-21-20-39-27(45)18-19-40-35(49)32(48)37(2,3)23-58-64(55,56)61-63(53,54)57-22-26-31(60-62(50,51)52)30(47)36(59-26)44-25-43-29-33(38)41-24-42-34(29)44/h5-6,8-9,11-12,14-15,24-26,30-32,36,47-48H,4,7,10,13,16-23H2,1-3H3,(H,39,45)(H,40,49)(H,53,54)(H,55,56)(H2,38,41,42)(H2,50,51,52)/p-4/b6-5-,9-8-,12-11-,15-14-/t26-,30-,31-,32+,36-/m1/s1. The number of hydrogen-bond donors (Lipinski definition) is 5. The number of nitrogens with two attached hydrogens (primary N) is 1. The van der Waals surface area contributed by atoms with Gasteiger partial charge in [0, 0.05) is 37.1 Å². The molecular formula is C37H54N7O17P3S-4. The number of carbonyl (C=O) groups excluding carboxylic acids is 3. The molecule has 6 N–H and O–H groups in total. The van der Waals surface area contributed by atoms with Crippen molar-refractivity contribution in [1.29, 1.82) is 0 Å². The summed E-state index contributed by atoms with van der Waals surface area (Å²) in [5.74, 6) is -1.21. The van der Waals surface area contributed by atoms with Crippen LogP contribution in [0, 0.1) is 5.41 Å². The van der Waals surface area contributed by atoms with E-state index in [0.717, 1.165) is 54.7 Å². The van der Waals surface area contributed by atoms with Crippen LogP contribution in [-0.4, -0.2) is 103 Å². The minimum absolute atomic E-state index is 0.0221. The van der Waals surface area contributed by atoms with Gasteiger partial charge < -0.3 is 69.0 Å². The molecule has 1 aliphatic rings. The fourth-order valence-electron chi connectivity index (χ4n) is 5.64. The van der Waals surface area contributed by atoms with E-state index in [9.17, 15) is 57.9 Å². The Morgan fingerprint density at radius 1 is 0.938 bits per heavy atom. The number of thioether (sulfide) groups is 1. The number of rotatable bonds is 29. The van der Waals surface area contributed by atoms with Gasteiger partial charge in [0.2, 0.25) is 11.8 Å². The van der Waals surface area contributed by atoms with Crippen molar-refractivity contribution in [2.75, 3.05) is 37.8 Å². The van der Waals surface area contributed by atoms with Gasteiger partial charge in [0.1, 0.15) is 36.3 Å². The summed E-state index contributed by atoms with van der Waals surface area (Å²) >= 11 is 1.08. The molecule has 1 saturated heterocycles. The number of nitrogen functional groups attached to an aromatic ring is 1. The highest BCUT2D eigenvalue weighted by Gasteiger charge is 2.47. The van der Waals surface area contributed by atoms with Gasteiger partial charge in [-0.25, -0.2) is 19.3 Å². The van der Waals surface area contributed by atoms with E-state index in [1.807, 2.05) is 12.2 Å². The Morgan fingerprint density at radius 3 is 2.22 bits per heavy atom. The molecule has 28 heteroatoms. The zero-order valence-electron chi connectivity index (χ0n) is 35.8. The number of aromatic nitrogens is 4. The first-order valence-electron chi connectivity index (χ1n) is 20.1. The lowest BCUT2D eigenvalue weighted by Gasteiger charge is -2.36. The highest BCUT2D eigenvalue weighted by atomic mass is 32.2. The fourth-order valence-corrected chi connectivity index (χ4v) is 9.07. The molecule has 3 rings (SSSR count). The van der Waals surface area contributed by atoms with Crippen molar-refractivity contribution in [3.8, 4) is 0 Å². The monoisotopic (exact) mass is 993 g/mol. The molecule has 0 aliphatic carbocycles. The summed E-state index contributed by atoms with van der Waals surface area (Å²) in [7, 11) is -17.6. The summed E-state index contributed by atoms with van der Waals surface area (Å²) in [5, 5.41) is 26.3. The number of carbonyl (C=O) groups is 3. The number of amides is 2. The van der Waals surface area contributed by atoms with E-state index in [1.54, 1.807) is 0 Å². The van der Waals surface area contributed by atoms with Crippen molar-refractivity contribution < 1.29 is 80.5 Å². The van der Waals surface area contributed by atoms with Crippen LogP contribution in [0.5, 0.6) is 0 Å². The minimum Gasteiger partial charge on any atom is -0.790 e. The molecule has 1 aliphatic heterocycles. The minimum atomic E-state index is -5.92. The Kier molecular flexibility index (Phi) is 23.0. The number of aliphatic hydroxyl groups excluding tert-OH is 2. The van der Waals surface area contributed by atoms with Crippen molar-refractivity contribution in [3.63, 3.8) is 0 Å². The molecular weight excluding hydrogens is 939 g/mol. The van der Waals surface area contributed by atoms with Crippen LogP contribution in [0.4, 0.5) is 5.82 Å². The van der Waals surface area contributed by atoms with E-state index >= 15 is 0 Å². The smallest absolute Gasteiger partial charge is 0.274 e. The molecule has 1 fully saturated rings. The average Bonchev–Trinajstić information content (AvgIpc) is 3.79. The van der Waals surface area contributed by atoms with E-state index in [0.29, 0.717) is 18.6 Å². The predicted octanol–water partition coefficient (Wildman–Crippen LogP) is 0.722. The molecule has 2 aromatic heterocycles. The zero-order valence-corrected chi connectivity index (χ0v) is 39.3. The zero-order chi connectivity index (χ0) is 48.3. The Bertz CT molecular complexity index is 2150. The first kappa shape index (κ1) is 55.8. The number of hydrogen-bond acceptors (Lipinski definition) is 22. The van der Waals surface area contributed by atoms with Gasteiger partial charge in [0.15, 0.2) is 22.8 Å². The number of ether oxygens (including phenoxy) is 1. The lowest BCUT2D eigenvalue weighted by atomic mass is 9.87. The van der Waals surface area contributed by atoms with Crippen LogP contribution < -0.4 is 35.9 Å². The number of phosphoric acid groups is 3. The maximum atomic E-state index is 12.6. The first-order valence-corrected chi connectivity index (χ1v) is 25.5. The molecule has 2 unspecified atom stereocenters. The van der Waals surface area contributed by atoms with Gasteiger partial charge in [-0.05, 0) is 32.1 Å². The lowest BCUT2D eigenvalue weighted by Crippen LogP contribution is -2.46. The van der Waals surface area contributed by atoms with Crippen molar-refractivity contribution in [3.05, 3.63) is 61.3 Å². The maximum absolute atomic E-state index is 12.6. The van der Waals surface area contributed by atoms with Crippen LogP contribution in [0.15, 0.2) is 61.3 Å². The number of fused-ring (bicyclic) bond motifs is 1. The largest absolute Gasteiger partial charge is 0.790 e. The second kappa shape index (κ2) is 26.8. The number of nitrogens with one attached hydrogen (secondary N) is 2. The van der Waals surface area contributed by atoms with Crippen LogP contribution in [0.3, 0.4) is 0 Å². The molecule has 24 nitrogen and oxygen atoms in total. The topological polar surface area (TPSA) is 375 Å². The van der Waals surface area contributed by atoms with Crippen LogP contribution in [-0.2, 0) is 50.7 Å². The van der Waals surface area contributed by atoms with E-state index in [2.05, 4.69) is 86.8 Å². The van der Waals surface area contributed by atoms with E-state index < -0.39 is 84.6 Å². The van der Waals surface area contributed by atoms with Crippen molar-refractivity contribution >= 4 is 69.1 Å². The summed E-state index contributed by atoms with van der Waals surface area (Å²) in [6.07, 6.45) is 13.5. The molecule has 0 spiro atoms. The summed E-state index contributed by atoms with van der Waals surface area (Å²) in [6, 6.07) is 0. The van der Waals surface area contributed by atoms with Gasteiger partial charge in [-0.3, -0.25) is 28.1 Å². The third-order valence-electron chi connectivity index (χ3n) is 8.97. The molecule has 364 valence electrons. The third-order valence-corrected chi connectivity index (χ3v) is 12.9. The Hall–Kier alpha value is -3.48. The highest BCUT2D eigenvalue weighted by Crippen LogP contribution is 2.56. The van der Waals surface area contributed by atoms with Gasteiger partial charge in [0.25, 0.3) is 15.6 Å². The molecule has 0 aromatic carbocycles. The second-order valence-corrected chi connectivity index (χ2v) is 20.0. The third kappa shape index (κ3) is 20.1. The summed E-state index contributed by atoms with van der Waals surface area (Å²) in [5.41, 5.74) is 4.07. The quantitative estimate of drug-likeness (QED) is 0.0426. The SMILES string of the molecule is CC/C=C\C/C=C\C/C=C\C/C=C\CCC(=O)SCCNC(=O)CCNC(=O)[C@H](O)C(C)(C)COP(=O)([O-])OP(=O)([O-])OC[C@H]1O[C@@H](n2cnc3c(N)ncnc32)[C@H](O)[C@@H]1OP(=O)([O-])[O-]. The maximum Gasteiger partial charge on any atom is 0.274 e. The molecule has 0 radical (unpaired) electrons. The number of nitrogens with zero attached hydrogens (tertiary/aromatic N) is 4. The van der Waals surface area contributed by atoms with Gasteiger partial charge in [-0.2, -0.15) is 0 Å². The molecule has 2 aromatic rings. The first-order chi connectivity index (χ1) is 30.6. The number of imidazole rings is 1. The Labute approximate surface area is 379 Å². The number of anilines is 1. The van der Waals surface area contributed by atoms with E-state index in [4.69, 9.17) is 10.5 Å². The summed E-state index contributed by atoms with van der Waals surface area (Å²) < 4.78 is 60.7. The molecule has 65 heavy (non-hydrogen) atoms. The van der Waals surface area contributed by atoms with Crippen LogP contribution in [0.2, 0.25) is 0 Å². The van der Waals surface area contributed by atoms with E-state index in [1.165, 1.54) is 13.8 Å². The van der Waals surface area contributed by atoms with Gasteiger partial charge >= 0.3 is 0 Å². The van der Waals surface area contributed by atoms with Crippen molar-refractivity contribution in [2.24, 2.45) is 5.41 Å². The lowest BCUT2D eigenvalue weighted by molar-refractivity contribution is -0.347. The Balaban J connectivity index is 1.35. The van der Waals surface area contributed by atoms with Gasteiger partial charge in [-0.15, -0.1) is 0 Å². The molecule has 3 heterocycles. The normalized spacial score (nSPS) is 20.8.